The summed E-state index contributed by atoms with van der Waals surface area (Å²) in [5.41, 5.74) is 3.89. The average molecular weight is 332 g/mol. The van der Waals surface area contributed by atoms with E-state index in [1.165, 1.54) is 5.39 Å². The lowest BCUT2D eigenvalue weighted by molar-refractivity contribution is 0.369. The summed E-state index contributed by atoms with van der Waals surface area (Å²) in [5.74, 6) is 0.613. The Bertz CT molecular complexity index is 925. The second-order valence-corrected chi connectivity index (χ2v) is 6.16. The number of benzene rings is 3. The predicted molar refractivity (Wildman–Crippen MR) is 102 cm³/mol. The molecule has 0 spiro atoms. The van der Waals surface area contributed by atoms with E-state index in [4.69, 9.17) is 4.74 Å². The predicted octanol–water partition coefficient (Wildman–Crippen LogP) is 4.82. The van der Waals surface area contributed by atoms with Crippen LogP contribution in [0.15, 0.2) is 61.2 Å². The van der Waals surface area contributed by atoms with Crippen LogP contribution in [0.5, 0.6) is 11.5 Å². The summed E-state index contributed by atoms with van der Waals surface area (Å²) in [4.78, 5) is 0. The van der Waals surface area contributed by atoms with E-state index in [9.17, 15) is 5.11 Å². The largest absolute Gasteiger partial charge is 0.504 e. The van der Waals surface area contributed by atoms with Gasteiger partial charge < -0.3 is 20.5 Å². The molecule has 0 atom stereocenters. The Morgan fingerprint density at radius 2 is 1.80 bits per heavy atom. The van der Waals surface area contributed by atoms with Crippen molar-refractivity contribution < 1.29 is 9.84 Å². The molecule has 3 aromatic carbocycles. The van der Waals surface area contributed by atoms with Crippen LogP contribution in [0.3, 0.4) is 0 Å². The maximum atomic E-state index is 10.6. The van der Waals surface area contributed by atoms with E-state index in [1.54, 1.807) is 7.11 Å². The molecule has 0 bridgehead atoms. The summed E-state index contributed by atoms with van der Waals surface area (Å²) in [6.07, 6.45) is 2.30. The Balaban J connectivity index is 1.82. The molecule has 0 radical (unpaired) electrons. The third kappa shape index (κ3) is 2.56. The summed E-state index contributed by atoms with van der Waals surface area (Å²) in [6.45, 7) is 3.80. The number of hydrogen-bond donors (Lipinski definition) is 3. The van der Waals surface area contributed by atoms with Crippen LogP contribution in [0.25, 0.3) is 10.8 Å². The molecular formula is C21H20N2O2. The first-order valence-electron chi connectivity index (χ1n) is 8.26. The van der Waals surface area contributed by atoms with Gasteiger partial charge in [-0.1, -0.05) is 30.3 Å². The highest BCUT2D eigenvalue weighted by molar-refractivity contribution is 6.04. The minimum atomic E-state index is -0.251. The van der Waals surface area contributed by atoms with Crippen molar-refractivity contribution in [3.8, 4) is 11.5 Å². The van der Waals surface area contributed by atoms with Crippen molar-refractivity contribution >= 4 is 22.1 Å². The van der Waals surface area contributed by atoms with E-state index >= 15 is 0 Å². The smallest absolute Gasteiger partial charge is 0.164 e. The zero-order valence-electron chi connectivity index (χ0n) is 14.0. The molecule has 3 aromatic rings. The molecule has 3 N–H and O–H groups in total. The summed E-state index contributed by atoms with van der Waals surface area (Å²) >= 11 is 0. The molecular weight excluding hydrogens is 312 g/mol. The van der Waals surface area contributed by atoms with Gasteiger partial charge in [0.15, 0.2) is 11.5 Å². The molecule has 4 nitrogen and oxygen atoms in total. The van der Waals surface area contributed by atoms with Gasteiger partial charge in [-0.25, -0.2) is 0 Å². The molecule has 4 heteroatoms. The Kier molecular flexibility index (Phi) is 3.73. The van der Waals surface area contributed by atoms with Gasteiger partial charge in [0.1, 0.15) is 6.17 Å². The fourth-order valence-corrected chi connectivity index (χ4v) is 3.43. The van der Waals surface area contributed by atoms with Crippen LogP contribution in [0.4, 0.5) is 11.4 Å². The van der Waals surface area contributed by atoms with Crippen LogP contribution in [-0.2, 0) is 6.42 Å². The first kappa shape index (κ1) is 15.4. The average Bonchev–Trinajstić information content (AvgIpc) is 2.63. The van der Waals surface area contributed by atoms with Gasteiger partial charge in [0.25, 0.3) is 0 Å². The zero-order chi connectivity index (χ0) is 17.4. The maximum Gasteiger partial charge on any atom is 0.164 e. The number of phenols is 1. The molecule has 0 saturated heterocycles. The Labute approximate surface area is 146 Å². The second-order valence-electron chi connectivity index (χ2n) is 6.16. The number of anilines is 2. The number of aromatic hydroxyl groups is 1. The van der Waals surface area contributed by atoms with Gasteiger partial charge in [0.2, 0.25) is 0 Å². The van der Waals surface area contributed by atoms with E-state index in [-0.39, 0.29) is 11.9 Å². The van der Waals surface area contributed by atoms with Crippen LogP contribution >= 0.6 is 0 Å². The highest BCUT2D eigenvalue weighted by Gasteiger charge is 2.24. The summed E-state index contributed by atoms with van der Waals surface area (Å²) in [7, 11) is 1.56. The molecule has 0 fully saturated rings. The van der Waals surface area contributed by atoms with E-state index in [2.05, 4.69) is 41.5 Å². The quantitative estimate of drug-likeness (QED) is 0.600. The van der Waals surface area contributed by atoms with Gasteiger partial charge in [0.05, 0.1) is 7.11 Å². The van der Waals surface area contributed by atoms with Crippen molar-refractivity contribution in [3.05, 3.63) is 72.3 Å². The van der Waals surface area contributed by atoms with Crippen LogP contribution in [0.1, 0.15) is 17.3 Å². The monoisotopic (exact) mass is 332 g/mol. The zero-order valence-corrected chi connectivity index (χ0v) is 14.0. The number of methoxy groups -OCH3 is 1. The van der Waals surface area contributed by atoms with E-state index in [1.807, 2.05) is 30.3 Å². The SMILES string of the molecule is C=CCc1cc(OC)c(O)c(C2Nc3cccc4cccc(c34)N2)c1. The molecule has 0 unspecified atom stereocenters. The van der Waals surface area contributed by atoms with Crippen molar-refractivity contribution in [2.45, 2.75) is 12.6 Å². The fourth-order valence-electron chi connectivity index (χ4n) is 3.43. The van der Waals surface area contributed by atoms with Crippen molar-refractivity contribution in [2.75, 3.05) is 17.7 Å². The number of allylic oxidation sites excluding steroid dienone is 1. The number of ether oxygens (including phenoxy) is 1. The number of hydrogen-bond acceptors (Lipinski definition) is 4. The molecule has 0 aromatic heterocycles. The summed E-state index contributed by atoms with van der Waals surface area (Å²) in [6, 6.07) is 16.2. The van der Waals surface area contributed by atoms with Gasteiger partial charge >= 0.3 is 0 Å². The number of rotatable bonds is 4. The van der Waals surface area contributed by atoms with Crippen LogP contribution in [0, 0.1) is 0 Å². The standard InChI is InChI=1S/C21H20N2O2/c1-3-6-13-11-15(20(24)18(12-13)25-2)21-22-16-9-4-7-14-8-5-10-17(23-21)19(14)16/h3-5,7-12,21-24H,1,6H2,2H3. The van der Waals surface area contributed by atoms with Crippen LogP contribution in [0.2, 0.25) is 0 Å². The minimum Gasteiger partial charge on any atom is -0.504 e. The van der Waals surface area contributed by atoms with Crippen molar-refractivity contribution in [1.82, 2.24) is 0 Å². The Morgan fingerprint density at radius 1 is 1.12 bits per heavy atom. The van der Waals surface area contributed by atoms with Crippen LogP contribution < -0.4 is 15.4 Å². The summed E-state index contributed by atoms with van der Waals surface area (Å²) in [5, 5.41) is 20.0. The Morgan fingerprint density at radius 3 is 2.40 bits per heavy atom. The van der Waals surface area contributed by atoms with Crippen LogP contribution in [-0.4, -0.2) is 12.2 Å². The van der Waals surface area contributed by atoms with Gasteiger partial charge in [-0.3, -0.25) is 0 Å². The second kappa shape index (κ2) is 6.06. The topological polar surface area (TPSA) is 53.5 Å². The maximum absolute atomic E-state index is 10.6. The first-order valence-corrected chi connectivity index (χ1v) is 8.26. The number of phenolic OH excluding ortho intramolecular Hbond substituents is 1. The molecule has 1 aliphatic heterocycles. The summed E-state index contributed by atoms with van der Waals surface area (Å²) < 4.78 is 5.35. The van der Waals surface area contributed by atoms with Crippen molar-refractivity contribution in [3.63, 3.8) is 0 Å². The third-order valence-corrected chi connectivity index (χ3v) is 4.58. The molecule has 1 heterocycles. The highest BCUT2D eigenvalue weighted by Crippen LogP contribution is 2.42. The molecule has 0 aliphatic carbocycles. The van der Waals surface area contributed by atoms with Gasteiger partial charge in [-0.15, -0.1) is 6.58 Å². The molecule has 126 valence electrons. The number of nitrogens with one attached hydrogen (secondary N) is 2. The van der Waals surface area contributed by atoms with E-state index in [0.29, 0.717) is 12.2 Å². The fraction of sp³-hybridized carbons (Fsp3) is 0.143. The lowest BCUT2D eigenvalue weighted by Crippen LogP contribution is -2.24. The minimum absolute atomic E-state index is 0.145. The van der Waals surface area contributed by atoms with Gasteiger partial charge in [-0.2, -0.15) is 0 Å². The normalized spacial score (nSPS) is 13.2. The highest BCUT2D eigenvalue weighted by atomic mass is 16.5. The lowest BCUT2D eigenvalue weighted by Gasteiger charge is -2.30. The molecule has 0 saturated carbocycles. The third-order valence-electron chi connectivity index (χ3n) is 4.58. The molecule has 0 amide bonds. The van der Waals surface area contributed by atoms with Gasteiger partial charge in [0, 0.05) is 22.3 Å². The van der Waals surface area contributed by atoms with Gasteiger partial charge in [-0.05, 0) is 41.6 Å². The van der Waals surface area contributed by atoms with Crippen molar-refractivity contribution in [2.24, 2.45) is 0 Å². The molecule has 4 rings (SSSR count). The van der Waals surface area contributed by atoms with E-state index in [0.717, 1.165) is 27.9 Å². The molecule has 1 aliphatic rings. The van der Waals surface area contributed by atoms with E-state index < -0.39 is 0 Å². The van der Waals surface area contributed by atoms with Crippen molar-refractivity contribution in [1.29, 1.82) is 0 Å². The molecule has 25 heavy (non-hydrogen) atoms. The first-order chi connectivity index (χ1) is 12.2. The Hall–Kier alpha value is -3.14. The lowest BCUT2D eigenvalue weighted by atomic mass is 9.99.